The van der Waals surface area contributed by atoms with E-state index in [0.717, 1.165) is 0 Å². The van der Waals surface area contributed by atoms with Crippen LogP contribution in [0.5, 0.6) is 28.7 Å². The maximum absolute atomic E-state index is 10.4. The predicted molar refractivity (Wildman–Crippen MR) is 75.4 cm³/mol. The van der Waals surface area contributed by atoms with Crippen LogP contribution in [0.25, 0.3) is 0 Å². The highest BCUT2D eigenvalue weighted by Crippen LogP contribution is 2.53. The molecule has 22 heavy (non-hydrogen) atoms. The standard InChI is InChI=1S/C16H14O6/c17-10-2-1-6-3-9-7-4-11(18)12(19)5-8(7)13(20)16(9)22-15(6)14(10)21/h1-2,4-5,9,13,16-21H,3H2. The summed E-state index contributed by atoms with van der Waals surface area (Å²) in [6.07, 6.45) is -1.14. The number of ether oxygens (including phenoxy) is 1. The molecular weight excluding hydrogens is 288 g/mol. The minimum atomic E-state index is -0.985. The molecule has 0 fully saturated rings. The predicted octanol–water partition coefficient (Wildman–Crippen LogP) is 1.64. The van der Waals surface area contributed by atoms with E-state index < -0.39 is 12.2 Å². The van der Waals surface area contributed by atoms with Crippen LogP contribution in [0.15, 0.2) is 24.3 Å². The van der Waals surface area contributed by atoms with Crippen molar-refractivity contribution in [2.75, 3.05) is 0 Å². The summed E-state index contributed by atoms with van der Waals surface area (Å²) < 4.78 is 5.72. The summed E-state index contributed by atoms with van der Waals surface area (Å²) in [5, 5.41) is 49.2. The Morgan fingerprint density at radius 3 is 2.32 bits per heavy atom. The van der Waals surface area contributed by atoms with Gasteiger partial charge in [-0.3, -0.25) is 0 Å². The normalized spacial score (nSPS) is 25.0. The monoisotopic (exact) mass is 302 g/mol. The highest BCUT2D eigenvalue weighted by Gasteiger charge is 2.45. The van der Waals surface area contributed by atoms with Crippen molar-refractivity contribution in [1.82, 2.24) is 0 Å². The van der Waals surface area contributed by atoms with Gasteiger partial charge in [0.15, 0.2) is 23.0 Å². The second-order valence-electron chi connectivity index (χ2n) is 5.73. The van der Waals surface area contributed by atoms with Crippen molar-refractivity contribution < 1.29 is 30.3 Å². The van der Waals surface area contributed by atoms with Gasteiger partial charge in [0.25, 0.3) is 0 Å². The Bertz CT molecular complexity index is 785. The molecule has 1 aliphatic carbocycles. The molecule has 6 heteroatoms. The highest BCUT2D eigenvalue weighted by molar-refractivity contribution is 5.58. The molecule has 0 spiro atoms. The van der Waals surface area contributed by atoms with Crippen LogP contribution in [0.2, 0.25) is 0 Å². The topological polar surface area (TPSA) is 110 Å². The molecule has 1 aliphatic heterocycles. The minimum Gasteiger partial charge on any atom is -0.504 e. The van der Waals surface area contributed by atoms with Crippen molar-refractivity contribution in [2.45, 2.75) is 24.5 Å². The Labute approximate surface area is 125 Å². The lowest BCUT2D eigenvalue weighted by Crippen LogP contribution is -2.31. The number of aliphatic hydroxyl groups excluding tert-OH is 1. The van der Waals surface area contributed by atoms with Gasteiger partial charge in [-0.15, -0.1) is 0 Å². The fraction of sp³-hybridized carbons (Fsp3) is 0.250. The van der Waals surface area contributed by atoms with Crippen molar-refractivity contribution in [3.63, 3.8) is 0 Å². The van der Waals surface area contributed by atoms with Crippen LogP contribution in [0.3, 0.4) is 0 Å². The van der Waals surface area contributed by atoms with E-state index in [0.29, 0.717) is 23.1 Å². The van der Waals surface area contributed by atoms with E-state index >= 15 is 0 Å². The van der Waals surface area contributed by atoms with Gasteiger partial charge in [-0.25, -0.2) is 0 Å². The molecule has 4 rings (SSSR count). The van der Waals surface area contributed by atoms with Gasteiger partial charge in [0.05, 0.1) is 0 Å². The molecule has 3 atom stereocenters. The minimum absolute atomic E-state index is 0.168. The smallest absolute Gasteiger partial charge is 0.200 e. The molecule has 0 bridgehead atoms. The molecule has 2 aliphatic rings. The Hall–Kier alpha value is -2.60. The van der Waals surface area contributed by atoms with Crippen LogP contribution in [0.4, 0.5) is 0 Å². The van der Waals surface area contributed by atoms with Crippen molar-refractivity contribution in [2.24, 2.45) is 0 Å². The van der Waals surface area contributed by atoms with Gasteiger partial charge < -0.3 is 30.3 Å². The molecule has 5 N–H and O–H groups in total. The summed E-state index contributed by atoms with van der Waals surface area (Å²) in [5.41, 5.74) is 1.93. The summed E-state index contributed by atoms with van der Waals surface area (Å²) in [6.45, 7) is 0. The van der Waals surface area contributed by atoms with Crippen LogP contribution in [-0.4, -0.2) is 31.6 Å². The zero-order valence-corrected chi connectivity index (χ0v) is 11.4. The Morgan fingerprint density at radius 1 is 0.909 bits per heavy atom. The first-order valence-corrected chi connectivity index (χ1v) is 6.91. The number of benzene rings is 2. The van der Waals surface area contributed by atoms with Gasteiger partial charge in [0.1, 0.15) is 12.2 Å². The van der Waals surface area contributed by atoms with Crippen molar-refractivity contribution in [3.8, 4) is 28.7 Å². The number of phenolic OH excluding ortho intramolecular Hbond substituents is 4. The number of phenols is 4. The van der Waals surface area contributed by atoms with E-state index in [-0.39, 0.29) is 34.7 Å². The number of rotatable bonds is 0. The number of hydrogen-bond acceptors (Lipinski definition) is 6. The summed E-state index contributed by atoms with van der Waals surface area (Å²) >= 11 is 0. The largest absolute Gasteiger partial charge is 0.504 e. The van der Waals surface area contributed by atoms with Crippen LogP contribution in [0, 0.1) is 0 Å². The van der Waals surface area contributed by atoms with Crippen molar-refractivity contribution >= 4 is 0 Å². The second kappa shape index (κ2) is 4.20. The molecule has 2 aromatic rings. The van der Waals surface area contributed by atoms with E-state index in [4.69, 9.17) is 4.74 Å². The molecule has 1 heterocycles. The van der Waals surface area contributed by atoms with Gasteiger partial charge in [-0.2, -0.15) is 0 Å². The third-order valence-corrected chi connectivity index (χ3v) is 4.49. The lowest BCUT2D eigenvalue weighted by Gasteiger charge is -2.31. The second-order valence-corrected chi connectivity index (χ2v) is 5.73. The maximum atomic E-state index is 10.4. The Morgan fingerprint density at radius 2 is 1.59 bits per heavy atom. The zero-order chi connectivity index (χ0) is 15.6. The van der Waals surface area contributed by atoms with Crippen LogP contribution in [0.1, 0.15) is 28.7 Å². The molecule has 3 unspecified atom stereocenters. The Balaban J connectivity index is 1.84. The molecular formula is C16H14O6. The van der Waals surface area contributed by atoms with Crippen molar-refractivity contribution in [3.05, 3.63) is 41.0 Å². The fourth-order valence-corrected chi connectivity index (χ4v) is 3.40. The quantitative estimate of drug-likeness (QED) is 0.473. The average molecular weight is 302 g/mol. The summed E-state index contributed by atoms with van der Waals surface area (Å²) in [5.74, 6) is -1.20. The summed E-state index contributed by atoms with van der Waals surface area (Å²) in [4.78, 5) is 0. The average Bonchev–Trinajstić information content (AvgIpc) is 2.75. The number of aromatic hydroxyl groups is 4. The maximum Gasteiger partial charge on any atom is 0.200 e. The van der Waals surface area contributed by atoms with Gasteiger partial charge in [-0.1, -0.05) is 6.07 Å². The molecule has 114 valence electrons. The third kappa shape index (κ3) is 1.58. The molecule has 0 radical (unpaired) electrons. The van der Waals surface area contributed by atoms with E-state index in [1.165, 1.54) is 18.2 Å². The molecule has 0 aromatic heterocycles. The van der Waals surface area contributed by atoms with E-state index in [1.807, 2.05) is 0 Å². The first-order valence-electron chi connectivity index (χ1n) is 6.91. The molecule has 0 saturated heterocycles. The lowest BCUT2D eigenvalue weighted by atomic mass is 9.89. The fourth-order valence-electron chi connectivity index (χ4n) is 3.40. The van der Waals surface area contributed by atoms with Gasteiger partial charge in [0, 0.05) is 5.92 Å². The SMILES string of the molecule is Oc1cc2c(cc1O)C1Cc3ccc(O)c(O)c3OC1C2O. The Kier molecular flexibility index (Phi) is 2.50. The summed E-state index contributed by atoms with van der Waals surface area (Å²) in [6, 6.07) is 5.82. The number of hydrogen-bond donors (Lipinski definition) is 5. The molecule has 2 aromatic carbocycles. The third-order valence-electron chi connectivity index (χ3n) is 4.49. The first-order chi connectivity index (χ1) is 10.5. The first kappa shape index (κ1) is 13.1. The van der Waals surface area contributed by atoms with Gasteiger partial charge in [-0.05, 0) is 41.3 Å². The van der Waals surface area contributed by atoms with E-state index in [9.17, 15) is 25.5 Å². The van der Waals surface area contributed by atoms with Gasteiger partial charge >= 0.3 is 0 Å². The number of fused-ring (bicyclic) bond motifs is 4. The lowest BCUT2D eigenvalue weighted by molar-refractivity contribution is 0.0241. The van der Waals surface area contributed by atoms with Crippen molar-refractivity contribution in [1.29, 1.82) is 0 Å². The van der Waals surface area contributed by atoms with Crippen LogP contribution >= 0.6 is 0 Å². The van der Waals surface area contributed by atoms with Crippen LogP contribution in [-0.2, 0) is 6.42 Å². The van der Waals surface area contributed by atoms with E-state index in [1.54, 1.807) is 6.07 Å². The highest BCUT2D eigenvalue weighted by atomic mass is 16.5. The molecule has 0 saturated carbocycles. The van der Waals surface area contributed by atoms with Gasteiger partial charge in [0.2, 0.25) is 5.75 Å². The number of aliphatic hydroxyl groups is 1. The molecule has 6 nitrogen and oxygen atoms in total. The van der Waals surface area contributed by atoms with E-state index in [2.05, 4.69) is 0 Å². The zero-order valence-electron chi connectivity index (χ0n) is 11.4. The summed E-state index contributed by atoms with van der Waals surface area (Å²) in [7, 11) is 0. The van der Waals surface area contributed by atoms with Crippen LogP contribution < -0.4 is 4.74 Å². The molecule has 0 amide bonds.